The Hall–Kier alpha value is -3.38. The van der Waals surface area contributed by atoms with Crippen LogP contribution >= 0.6 is 46.0 Å². The first kappa shape index (κ1) is 30.1. The van der Waals surface area contributed by atoms with Crippen molar-refractivity contribution >= 4 is 62.9 Å². The zero-order chi connectivity index (χ0) is 29.8. The van der Waals surface area contributed by atoms with Crippen LogP contribution in [0.3, 0.4) is 0 Å². The van der Waals surface area contributed by atoms with Crippen LogP contribution in [-0.2, 0) is 10.5 Å². The van der Waals surface area contributed by atoms with E-state index in [1.165, 1.54) is 46.4 Å². The summed E-state index contributed by atoms with van der Waals surface area (Å²) in [4.78, 5) is 28.9. The van der Waals surface area contributed by atoms with E-state index in [2.05, 4.69) is 24.0 Å². The van der Waals surface area contributed by atoms with Crippen LogP contribution in [0.5, 0.6) is 11.5 Å². The number of anilines is 1. The monoisotopic (exact) mass is 641 g/mol. The van der Waals surface area contributed by atoms with Crippen molar-refractivity contribution in [2.75, 3.05) is 18.6 Å². The molecule has 2 aromatic carbocycles. The second-order valence-electron chi connectivity index (χ2n) is 9.85. The number of aliphatic hydroxyl groups is 1. The first-order chi connectivity index (χ1) is 20.3. The molecule has 2 aromatic heterocycles. The Labute approximate surface area is 261 Å². The first-order valence-electron chi connectivity index (χ1n) is 13.1. The van der Waals surface area contributed by atoms with E-state index >= 15 is 0 Å². The number of ketones is 1. The molecule has 0 radical (unpaired) electrons. The molecule has 1 unspecified atom stereocenters. The van der Waals surface area contributed by atoms with Crippen molar-refractivity contribution < 1.29 is 24.2 Å². The fourth-order valence-electron chi connectivity index (χ4n) is 4.35. The van der Waals surface area contributed by atoms with Gasteiger partial charge in [-0.2, -0.15) is 0 Å². The lowest BCUT2D eigenvalue weighted by molar-refractivity contribution is -0.117. The number of amides is 1. The Morgan fingerprint density at radius 2 is 1.93 bits per heavy atom. The highest BCUT2D eigenvalue weighted by atomic mass is 35.5. The maximum atomic E-state index is 13.7. The highest BCUT2D eigenvalue weighted by Gasteiger charge is 2.46. The van der Waals surface area contributed by atoms with Gasteiger partial charge in [0.05, 0.1) is 30.2 Å². The fourth-order valence-corrected chi connectivity index (χ4v) is 6.98. The van der Waals surface area contributed by atoms with E-state index in [4.69, 9.17) is 21.1 Å². The number of nitrogens with zero attached hydrogens (tertiary/aromatic N) is 3. The summed E-state index contributed by atoms with van der Waals surface area (Å²) in [7, 11) is 1.53. The smallest absolute Gasteiger partial charge is 0.296 e. The molecular formula is C30H28ClN3O5S3. The third-order valence-corrected chi connectivity index (χ3v) is 9.78. The van der Waals surface area contributed by atoms with Gasteiger partial charge in [-0.05, 0) is 59.2 Å². The van der Waals surface area contributed by atoms with Crippen molar-refractivity contribution in [1.29, 1.82) is 0 Å². The fraction of sp³-hybridized carbons (Fsp3) is 0.267. The number of hydrogen-bond acceptors (Lipinski definition) is 10. The number of benzene rings is 2. The molecule has 1 atom stereocenters. The predicted octanol–water partition coefficient (Wildman–Crippen LogP) is 7.76. The first-order valence-corrected chi connectivity index (χ1v) is 16.2. The molecule has 8 nitrogen and oxygen atoms in total. The normalized spacial score (nSPS) is 15.1. The molecule has 0 saturated carbocycles. The average molecular weight is 642 g/mol. The maximum Gasteiger partial charge on any atom is 0.296 e. The van der Waals surface area contributed by atoms with Crippen molar-refractivity contribution in [1.82, 2.24) is 10.2 Å². The number of hydrogen-bond donors (Lipinski definition) is 1. The van der Waals surface area contributed by atoms with Crippen LogP contribution in [0.25, 0.3) is 0 Å². The highest BCUT2D eigenvalue weighted by molar-refractivity contribution is 8.00. The molecule has 0 spiro atoms. The van der Waals surface area contributed by atoms with Crippen molar-refractivity contribution in [3.63, 3.8) is 0 Å². The van der Waals surface area contributed by atoms with Gasteiger partial charge in [0.1, 0.15) is 0 Å². The number of aromatic nitrogens is 2. The van der Waals surface area contributed by atoms with E-state index in [9.17, 15) is 14.7 Å². The number of rotatable bonds is 12. The Balaban J connectivity index is 1.49. The molecular weight excluding hydrogens is 614 g/mol. The topological polar surface area (TPSA) is 102 Å². The summed E-state index contributed by atoms with van der Waals surface area (Å²) in [5, 5.41) is 22.3. The third-order valence-electron chi connectivity index (χ3n) is 6.53. The van der Waals surface area contributed by atoms with Crippen LogP contribution in [-0.4, -0.2) is 40.7 Å². The number of carbonyl (C=O) groups is 2. The SMILES string of the molecule is COc1cc(C2C(C(=O)c3cccs3)=C(O)C(=O)N2c2nnc(SCc3ccc(Cl)cc3)s2)ccc1OCCC(C)C. The molecule has 218 valence electrons. The van der Waals surface area contributed by atoms with Gasteiger partial charge in [0, 0.05) is 10.8 Å². The standard InChI is InChI=1S/C30H28ClN3O5S3/c1-17(2)12-13-39-21-11-8-19(15-22(21)38-3)25-24(26(35)23-5-4-14-40-23)27(36)28(37)34(25)29-32-33-30(42-29)41-16-18-6-9-20(31)10-7-18/h4-11,14-15,17,25,36H,12-13,16H2,1-3H3. The molecule has 1 aliphatic rings. The number of thioether (sulfide) groups is 1. The van der Waals surface area contributed by atoms with Crippen molar-refractivity contribution in [2.45, 2.75) is 36.4 Å². The largest absolute Gasteiger partial charge is 0.503 e. The lowest BCUT2D eigenvalue weighted by Crippen LogP contribution is -2.31. The van der Waals surface area contributed by atoms with Gasteiger partial charge in [-0.1, -0.05) is 72.8 Å². The summed E-state index contributed by atoms with van der Waals surface area (Å²) in [6.45, 7) is 4.76. The van der Waals surface area contributed by atoms with Crippen LogP contribution in [0.1, 0.15) is 47.1 Å². The van der Waals surface area contributed by atoms with Gasteiger partial charge in [-0.25, -0.2) is 0 Å². The van der Waals surface area contributed by atoms with Crippen molar-refractivity contribution in [3.05, 3.63) is 92.3 Å². The average Bonchev–Trinajstić information content (AvgIpc) is 3.73. The summed E-state index contributed by atoms with van der Waals surface area (Å²) in [6.07, 6.45) is 0.876. The van der Waals surface area contributed by atoms with E-state index in [0.29, 0.717) is 49.6 Å². The number of ether oxygens (including phenoxy) is 2. The van der Waals surface area contributed by atoms with Crippen LogP contribution in [0.15, 0.2) is 75.6 Å². The molecule has 0 saturated heterocycles. The molecule has 0 fully saturated rings. The van der Waals surface area contributed by atoms with Crippen molar-refractivity contribution in [3.8, 4) is 11.5 Å². The molecule has 12 heteroatoms. The van der Waals surface area contributed by atoms with Crippen LogP contribution in [0, 0.1) is 5.92 Å². The lowest BCUT2D eigenvalue weighted by Gasteiger charge is -2.24. The third kappa shape index (κ3) is 6.49. The molecule has 1 amide bonds. The van der Waals surface area contributed by atoms with Gasteiger partial charge in [0.15, 0.2) is 21.6 Å². The summed E-state index contributed by atoms with van der Waals surface area (Å²) in [5.41, 5.74) is 1.59. The summed E-state index contributed by atoms with van der Waals surface area (Å²) in [6, 6.07) is 15.2. The summed E-state index contributed by atoms with van der Waals surface area (Å²) >= 11 is 9.91. The Kier molecular flexibility index (Phi) is 9.52. The second-order valence-corrected chi connectivity index (χ2v) is 13.4. The van der Waals surface area contributed by atoms with E-state index in [1.54, 1.807) is 35.7 Å². The number of aliphatic hydroxyl groups excluding tert-OH is 1. The number of halogens is 1. The zero-order valence-corrected chi connectivity index (χ0v) is 26.3. The van der Waals surface area contributed by atoms with Gasteiger partial charge in [-0.3, -0.25) is 14.5 Å². The molecule has 1 N–H and O–H groups in total. The molecule has 5 rings (SSSR count). The predicted molar refractivity (Wildman–Crippen MR) is 167 cm³/mol. The Morgan fingerprint density at radius 1 is 1.14 bits per heavy atom. The summed E-state index contributed by atoms with van der Waals surface area (Å²) in [5.74, 6) is 0.351. The Bertz CT molecular complexity index is 1600. The lowest BCUT2D eigenvalue weighted by atomic mass is 9.95. The molecule has 4 aromatic rings. The van der Waals surface area contributed by atoms with Gasteiger partial charge >= 0.3 is 0 Å². The van der Waals surface area contributed by atoms with Gasteiger partial charge in [-0.15, -0.1) is 21.5 Å². The molecule has 3 heterocycles. The molecule has 0 aliphatic carbocycles. The van der Waals surface area contributed by atoms with Crippen LogP contribution in [0.4, 0.5) is 5.13 Å². The van der Waals surface area contributed by atoms with Gasteiger partial charge < -0.3 is 14.6 Å². The maximum absolute atomic E-state index is 13.7. The minimum Gasteiger partial charge on any atom is -0.503 e. The number of methoxy groups -OCH3 is 1. The highest BCUT2D eigenvalue weighted by Crippen LogP contribution is 2.45. The minimum atomic E-state index is -0.951. The zero-order valence-electron chi connectivity index (χ0n) is 23.1. The number of thiophene rings is 1. The number of Topliss-reactive ketones (excluding diaryl/α,β-unsaturated/α-hetero) is 1. The van der Waals surface area contributed by atoms with Gasteiger partial charge in [0.25, 0.3) is 5.91 Å². The minimum absolute atomic E-state index is 0.0245. The molecule has 0 bridgehead atoms. The molecule has 42 heavy (non-hydrogen) atoms. The van der Waals surface area contributed by atoms with E-state index in [1.807, 2.05) is 24.3 Å². The van der Waals surface area contributed by atoms with Crippen molar-refractivity contribution in [2.24, 2.45) is 5.92 Å². The van der Waals surface area contributed by atoms with E-state index in [0.717, 1.165) is 12.0 Å². The molecule has 1 aliphatic heterocycles. The second kappa shape index (κ2) is 13.3. The van der Waals surface area contributed by atoms with Crippen LogP contribution in [0.2, 0.25) is 5.02 Å². The van der Waals surface area contributed by atoms with Crippen LogP contribution < -0.4 is 14.4 Å². The number of carbonyl (C=O) groups excluding carboxylic acids is 2. The quantitative estimate of drug-likeness (QED) is 0.0951. The van der Waals surface area contributed by atoms with E-state index < -0.39 is 23.5 Å². The van der Waals surface area contributed by atoms with Gasteiger partial charge in [0.2, 0.25) is 10.9 Å². The summed E-state index contributed by atoms with van der Waals surface area (Å²) < 4.78 is 12.2. The van der Waals surface area contributed by atoms with E-state index in [-0.39, 0.29) is 10.7 Å². The Morgan fingerprint density at radius 3 is 2.62 bits per heavy atom.